The van der Waals surface area contributed by atoms with Gasteiger partial charge in [-0.05, 0) is 36.9 Å². The number of ketones is 1. The summed E-state index contributed by atoms with van der Waals surface area (Å²) in [5, 5.41) is 9.49. The molecule has 1 atom stereocenters. The molecule has 0 spiro atoms. The summed E-state index contributed by atoms with van der Waals surface area (Å²) in [5.41, 5.74) is 0.704. The van der Waals surface area contributed by atoms with E-state index in [0.29, 0.717) is 36.9 Å². The van der Waals surface area contributed by atoms with Gasteiger partial charge in [-0.25, -0.2) is 0 Å². The molecule has 1 unspecified atom stereocenters. The van der Waals surface area contributed by atoms with Crippen LogP contribution in [0, 0.1) is 0 Å². The summed E-state index contributed by atoms with van der Waals surface area (Å²) >= 11 is 1.52. The van der Waals surface area contributed by atoms with E-state index in [1.807, 2.05) is 13.2 Å². The number of Topliss-reactive ketones (excluding diaryl/α,β-unsaturated/α-hetero) is 1. The normalized spacial score (nSPS) is 12.1. The van der Waals surface area contributed by atoms with Gasteiger partial charge in [0.1, 0.15) is 12.4 Å². The molecule has 0 saturated heterocycles. The third-order valence-electron chi connectivity index (χ3n) is 2.88. The zero-order valence-corrected chi connectivity index (χ0v) is 13.5. The molecule has 0 aromatic heterocycles. The van der Waals surface area contributed by atoms with E-state index in [2.05, 4.69) is 0 Å². The van der Waals surface area contributed by atoms with Crippen molar-refractivity contribution < 1.29 is 19.4 Å². The fourth-order valence-corrected chi connectivity index (χ4v) is 2.23. The van der Waals surface area contributed by atoms with Crippen LogP contribution in [0.2, 0.25) is 0 Å². The van der Waals surface area contributed by atoms with Gasteiger partial charge in [0.2, 0.25) is 0 Å². The molecule has 4 nitrogen and oxygen atoms in total. The lowest BCUT2D eigenvalue weighted by Crippen LogP contribution is -2.17. The number of hydrogen-bond acceptors (Lipinski definition) is 5. The molecule has 0 aliphatic rings. The van der Waals surface area contributed by atoms with Crippen LogP contribution in [0.3, 0.4) is 0 Å². The van der Waals surface area contributed by atoms with Crippen molar-refractivity contribution in [2.75, 3.05) is 31.8 Å². The summed E-state index contributed by atoms with van der Waals surface area (Å²) in [7, 11) is 0. The number of thioether (sulfide) groups is 1. The molecule has 0 bridgehead atoms. The fourth-order valence-electron chi connectivity index (χ4n) is 1.81. The number of ether oxygens (including phenoxy) is 2. The molecule has 5 heteroatoms. The lowest BCUT2D eigenvalue weighted by Gasteiger charge is -2.11. The summed E-state index contributed by atoms with van der Waals surface area (Å²) in [6, 6.07) is 7.14. The van der Waals surface area contributed by atoms with Gasteiger partial charge in [-0.3, -0.25) is 4.79 Å². The first-order valence-corrected chi connectivity index (χ1v) is 8.57. The number of aliphatic hydroxyl groups excluding tert-OH is 1. The van der Waals surface area contributed by atoms with Crippen molar-refractivity contribution >= 4 is 17.5 Å². The molecule has 0 aliphatic heterocycles. The van der Waals surface area contributed by atoms with Crippen molar-refractivity contribution in [2.24, 2.45) is 0 Å². The first kappa shape index (κ1) is 18.0. The van der Waals surface area contributed by atoms with Crippen molar-refractivity contribution in [3.05, 3.63) is 29.8 Å². The molecule has 0 radical (unpaired) electrons. The lowest BCUT2D eigenvalue weighted by atomic mass is 10.1. The van der Waals surface area contributed by atoms with E-state index >= 15 is 0 Å². The van der Waals surface area contributed by atoms with Crippen molar-refractivity contribution in [2.45, 2.75) is 25.9 Å². The van der Waals surface area contributed by atoms with Crippen LogP contribution in [-0.2, 0) is 4.74 Å². The van der Waals surface area contributed by atoms with Crippen LogP contribution in [0.15, 0.2) is 24.3 Å². The molecule has 1 aromatic carbocycles. The lowest BCUT2D eigenvalue weighted by molar-refractivity contribution is 0.0209. The summed E-state index contributed by atoms with van der Waals surface area (Å²) in [6.07, 6.45) is 3.22. The molecule has 1 aromatic rings. The highest BCUT2D eigenvalue weighted by atomic mass is 32.2. The first-order valence-electron chi connectivity index (χ1n) is 7.18. The molecule has 1 N–H and O–H groups in total. The average molecular weight is 312 g/mol. The largest absolute Gasteiger partial charge is 0.491 e. The zero-order chi connectivity index (χ0) is 15.5. The van der Waals surface area contributed by atoms with Gasteiger partial charge < -0.3 is 14.6 Å². The monoisotopic (exact) mass is 312 g/mol. The highest BCUT2D eigenvalue weighted by Crippen LogP contribution is 2.13. The Hall–Kier alpha value is -1.04. The quantitative estimate of drug-likeness (QED) is 0.503. The van der Waals surface area contributed by atoms with Crippen LogP contribution in [0.25, 0.3) is 0 Å². The van der Waals surface area contributed by atoms with Crippen molar-refractivity contribution in [3.63, 3.8) is 0 Å². The van der Waals surface area contributed by atoms with Crippen LogP contribution in [0.4, 0.5) is 0 Å². The minimum absolute atomic E-state index is 0.127. The van der Waals surface area contributed by atoms with E-state index in [9.17, 15) is 9.90 Å². The maximum absolute atomic E-state index is 11.7. The Bertz CT molecular complexity index is 405. The molecule has 0 saturated carbocycles. The highest BCUT2D eigenvalue weighted by molar-refractivity contribution is 7.99. The average Bonchev–Trinajstić information content (AvgIpc) is 2.48. The van der Waals surface area contributed by atoms with Gasteiger partial charge in [0.25, 0.3) is 0 Å². The van der Waals surface area contributed by atoms with Gasteiger partial charge in [0.05, 0.1) is 25.1 Å². The second kappa shape index (κ2) is 10.7. The number of benzene rings is 1. The van der Waals surface area contributed by atoms with Gasteiger partial charge in [-0.15, -0.1) is 0 Å². The summed E-state index contributed by atoms with van der Waals surface area (Å²) in [5.74, 6) is 1.34. The molecule has 0 fully saturated rings. The van der Waals surface area contributed by atoms with Crippen LogP contribution < -0.4 is 4.74 Å². The minimum Gasteiger partial charge on any atom is -0.491 e. The number of hydrogen-bond donors (Lipinski definition) is 1. The third kappa shape index (κ3) is 7.50. The van der Waals surface area contributed by atoms with Crippen molar-refractivity contribution in [1.82, 2.24) is 0 Å². The molecular weight excluding hydrogens is 288 g/mol. The Balaban J connectivity index is 2.22. The topological polar surface area (TPSA) is 55.8 Å². The van der Waals surface area contributed by atoms with Gasteiger partial charge in [0.15, 0.2) is 5.78 Å². The Morgan fingerprint density at radius 2 is 2.00 bits per heavy atom. The van der Waals surface area contributed by atoms with E-state index < -0.39 is 6.10 Å². The minimum atomic E-state index is -0.392. The highest BCUT2D eigenvalue weighted by Gasteiger charge is 2.05. The van der Waals surface area contributed by atoms with Gasteiger partial charge in [-0.2, -0.15) is 11.8 Å². The Morgan fingerprint density at radius 3 is 2.62 bits per heavy atom. The molecule has 0 amide bonds. The first-order chi connectivity index (χ1) is 10.2. The number of carbonyl (C=O) groups is 1. The Morgan fingerprint density at radius 1 is 1.29 bits per heavy atom. The molecule has 0 aliphatic carbocycles. The van der Waals surface area contributed by atoms with E-state index in [1.54, 1.807) is 24.3 Å². The van der Waals surface area contributed by atoms with Crippen LogP contribution in [-0.4, -0.2) is 48.8 Å². The van der Waals surface area contributed by atoms with Gasteiger partial charge >= 0.3 is 0 Å². The Kier molecular flexibility index (Phi) is 9.14. The maximum atomic E-state index is 11.7. The van der Waals surface area contributed by atoms with Crippen molar-refractivity contribution in [1.29, 1.82) is 0 Å². The summed E-state index contributed by atoms with van der Waals surface area (Å²) < 4.78 is 10.9. The van der Waals surface area contributed by atoms with Gasteiger partial charge in [-0.1, -0.05) is 13.3 Å². The molecule has 0 heterocycles. The number of rotatable bonds is 11. The van der Waals surface area contributed by atoms with Crippen molar-refractivity contribution in [3.8, 4) is 5.75 Å². The molecule has 21 heavy (non-hydrogen) atoms. The van der Waals surface area contributed by atoms with E-state index in [0.717, 1.165) is 12.8 Å². The zero-order valence-electron chi connectivity index (χ0n) is 12.7. The maximum Gasteiger partial charge on any atom is 0.172 e. The predicted octanol–water partition coefficient (Wildman–Crippen LogP) is 2.79. The number of carbonyl (C=O) groups excluding carboxylic acids is 1. The second-order valence-electron chi connectivity index (χ2n) is 4.75. The van der Waals surface area contributed by atoms with Gasteiger partial charge in [0, 0.05) is 5.56 Å². The SMILES string of the molecule is CCCC(O)COCCOc1ccc(C(=O)CSC)cc1. The fraction of sp³-hybridized carbons (Fsp3) is 0.562. The standard InChI is InChI=1S/C16H24O4S/c1-3-4-14(17)11-19-9-10-20-15-7-5-13(6-8-15)16(18)12-21-2/h5-8,14,17H,3-4,9-12H2,1-2H3. The van der Waals surface area contributed by atoms with E-state index in [4.69, 9.17) is 9.47 Å². The van der Waals surface area contributed by atoms with Crippen LogP contribution in [0.1, 0.15) is 30.1 Å². The van der Waals surface area contributed by atoms with E-state index in [-0.39, 0.29) is 5.78 Å². The molecular formula is C16H24O4S. The predicted molar refractivity (Wildman–Crippen MR) is 86.4 cm³/mol. The summed E-state index contributed by atoms with van der Waals surface area (Å²) in [4.78, 5) is 11.7. The van der Waals surface area contributed by atoms with E-state index in [1.165, 1.54) is 11.8 Å². The van der Waals surface area contributed by atoms with Crippen LogP contribution in [0.5, 0.6) is 5.75 Å². The molecule has 118 valence electrons. The summed E-state index contributed by atoms with van der Waals surface area (Å²) in [6.45, 7) is 3.24. The molecule has 1 rings (SSSR count). The second-order valence-corrected chi connectivity index (χ2v) is 5.61. The third-order valence-corrected chi connectivity index (χ3v) is 3.43. The number of aliphatic hydroxyl groups is 1. The smallest absolute Gasteiger partial charge is 0.172 e. The Labute approximate surface area is 130 Å². The van der Waals surface area contributed by atoms with Crippen LogP contribution >= 0.6 is 11.8 Å².